The number of ether oxygens (including phenoxy) is 1. The van der Waals surface area contributed by atoms with E-state index in [0.717, 1.165) is 18.4 Å². The Kier molecular flexibility index (Phi) is 16.2. The summed E-state index contributed by atoms with van der Waals surface area (Å²) in [4.78, 5) is 85.1. The van der Waals surface area contributed by atoms with Gasteiger partial charge < -0.3 is 31.7 Å². The molecule has 13 nitrogen and oxygen atoms in total. The first kappa shape index (κ1) is 37.6. The second kappa shape index (κ2) is 19.8. The highest BCUT2D eigenvalue weighted by atomic mass is 16.5. The Labute approximate surface area is 269 Å². The molecule has 2 unspecified atom stereocenters. The fourth-order valence-electron chi connectivity index (χ4n) is 4.92. The van der Waals surface area contributed by atoms with Crippen LogP contribution in [0.15, 0.2) is 36.4 Å². The van der Waals surface area contributed by atoms with Crippen molar-refractivity contribution in [3.63, 3.8) is 0 Å². The number of nitrogens with one attached hydrogen (secondary N) is 4. The molecule has 0 aromatic heterocycles. The minimum atomic E-state index is -0.974. The van der Waals surface area contributed by atoms with Crippen LogP contribution in [0.5, 0.6) is 0 Å². The minimum Gasteiger partial charge on any atom is -0.461 e. The van der Waals surface area contributed by atoms with Crippen LogP contribution in [0.2, 0.25) is 0 Å². The molecule has 3 atom stereocenters. The highest BCUT2D eigenvalue weighted by Gasteiger charge is 2.29. The lowest BCUT2D eigenvalue weighted by Crippen LogP contribution is -2.54. The molecule has 1 aromatic rings. The van der Waals surface area contributed by atoms with Crippen LogP contribution < -0.4 is 27.0 Å². The number of benzene rings is 1. The van der Waals surface area contributed by atoms with Gasteiger partial charge in [-0.25, -0.2) is 4.79 Å². The fraction of sp³-hybridized carbons (Fsp3) is 0.545. The molecule has 0 bridgehead atoms. The molecule has 2 rings (SSSR count). The van der Waals surface area contributed by atoms with E-state index in [2.05, 4.69) is 21.3 Å². The Morgan fingerprint density at radius 3 is 2.30 bits per heavy atom. The number of nitrogens with two attached hydrogens (primary N) is 1. The van der Waals surface area contributed by atoms with Crippen LogP contribution in [-0.4, -0.2) is 59.9 Å². The largest absolute Gasteiger partial charge is 0.461 e. The number of urea groups is 1. The summed E-state index contributed by atoms with van der Waals surface area (Å²) in [7, 11) is 0. The Morgan fingerprint density at radius 1 is 0.935 bits per heavy atom. The van der Waals surface area contributed by atoms with Crippen molar-refractivity contribution in [2.24, 2.45) is 17.6 Å². The van der Waals surface area contributed by atoms with Gasteiger partial charge >= 0.3 is 12.0 Å². The average Bonchev–Trinajstić information content (AvgIpc) is 3.16. The van der Waals surface area contributed by atoms with Crippen LogP contribution in [-0.2, 0) is 40.1 Å². The van der Waals surface area contributed by atoms with Crippen molar-refractivity contribution in [1.29, 1.82) is 0 Å². The van der Waals surface area contributed by atoms with Crippen LogP contribution >= 0.6 is 0 Å². The molecule has 252 valence electrons. The predicted octanol–water partition coefficient (Wildman–Crippen LogP) is 2.82. The van der Waals surface area contributed by atoms with Gasteiger partial charge in [0.05, 0.1) is 0 Å². The normalized spacial score (nSPS) is 15.8. The number of unbranched alkanes of at least 4 members (excludes halogenated alkanes) is 2. The second-order valence-corrected chi connectivity index (χ2v) is 11.8. The first-order chi connectivity index (χ1) is 21.8. The Balaban J connectivity index is 1.92. The van der Waals surface area contributed by atoms with Gasteiger partial charge in [0.2, 0.25) is 17.7 Å². The topological polar surface area (TPSA) is 203 Å². The summed E-state index contributed by atoms with van der Waals surface area (Å²) in [5, 5.41) is 10.8. The molecule has 1 aliphatic carbocycles. The van der Waals surface area contributed by atoms with E-state index in [4.69, 9.17) is 10.5 Å². The van der Waals surface area contributed by atoms with Crippen molar-refractivity contribution < 1.29 is 38.3 Å². The molecule has 0 spiro atoms. The number of amides is 5. The summed E-state index contributed by atoms with van der Waals surface area (Å²) in [5.41, 5.74) is 6.33. The molecule has 6 N–H and O–H groups in total. The summed E-state index contributed by atoms with van der Waals surface area (Å²) in [6.45, 7) is 5.19. The molecule has 0 aliphatic heterocycles. The van der Waals surface area contributed by atoms with Gasteiger partial charge in [-0.3, -0.25) is 28.8 Å². The van der Waals surface area contributed by atoms with E-state index in [0.29, 0.717) is 37.8 Å². The third-order valence-corrected chi connectivity index (χ3v) is 7.56. The Morgan fingerprint density at radius 2 is 1.65 bits per heavy atom. The molecule has 0 heterocycles. The first-order valence-corrected chi connectivity index (χ1v) is 15.8. The molecule has 5 amide bonds. The maximum Gasteiger partial charge on any atom is 0.312 e. The molecule has 0 saturated heterocycles. The van der Waals surface area contributed by atoms with E-state index in [1.165, 1.54) is 19.1 Å². The Bertz CT molecular complexity index is 1260. The van der Waals surface area contributed by atoms with Crippen molar-refractivity contribution in [2.75, 3.05) is 11.9 Å². The summed E-state index contributed by atoms with van der Waals surface area (Å²) < 4.78 is 4.97. The molecule has 13 heteroatoms. The Hall–Kier alpha value is -4.55. The zero-order chi connectivity index (χ0) is 34.1. The number of hydrogen-bond donors (Lipinski definition) is 5. The van der Waals surface area contributed by atoms with Gasteiger partial charge in [0.1, 0.15) is 18.7 Å². The maximum atomic E-state index is 13.3. The number of rotatable bonds is 18. The monoisotopic (exact) mass is 641 g/mol. The van der Waals surface area contributed by atoms with E-state index in [1.807, 2.05) is 0 Å². The van der Waals surface area contributed by atoms with Gasteiger partial charge in [-0.15, -0.1) is 0 Å². The number of anilines is 1. The van der Waals surface area contributed by atoms with Gasteiger partial charge in [0.25, 0.3) is 0 Å². The fourth-order valence-corrected chi connectivity index (χ4v) is 4.92. The second-order valence-electron chi connectivity index (χ2n) is 11.8. The highest BCUT2D eigenvalue weighted by Crippen LogP contribution is 2.21. The smallest absolute Gasteiger partial charge is 0.312 e. The molecule has 0 radical (unpaired) electrons. The van der Waals surface area contributed by atoms with E-state index < -0.39 is 35.9 Å². The van der Waals surface area contributed by atoms with Gasteiger partial charge in [0, 0.05) is 37.9 Å². The SMILES string of the molecule is CC(=O)OCc1ccc(NC(=O)[C@H](CCCNC(N)=O)NC(=O)C(NC(=O)CCCCCC2CCC(=O)C=CC2=O)C(C)C)cc1. The van der Waals surface area contributed by atoms with Crippen molar-refractivity contribution >= 4 is 47.0 Å². The third kappa shape index (κ3) is 14.5. The van der Waals surface area contributed by atoms with Crippen molar-refractivity contribution in [3.8, 4) is 0 Å². The number of hydrogen-bond acceptors (Lipinski definition) is 8. The zero-order valence-electron chi connectivity index (χ0n) is 26.9. The van der Waals surface area contributed by atoms with E-state index in [-0.39, 0.29) is 55.3 Å². The summed E-state index contributed by atoms with van der Waals surface area (Å²) in [5.74, 6) is -2.21. The average molecular weight is 642 g/mol. The van der Waals surface area contributed by atoms with Crippen LogP contribution in [0.4, 0.5) is 10.5 Å². The lowest BCUT2D eigenvalue weighted by atomic mass is 9.93. The molecule has 0 fully saturated rings. The van der Waals surface area contributed by atoms with Gasteiger partial charge in [-0.1, -0.05) is 38.8 Å². The van der Waals surface area contributed by atoms with Crippen LogP contribution in [0, 0.1) is 11.8 Å². The lowest BCUT2D eigenvalue weighted by Gasteiger charge is -2.25. The van der Waals surface area contributed by atoms with Crippen molar-refractivity contribution in [1.82, 2.24) is 16.0 Å². The summed E-state index contributed by atoms with van der Waals surface area (Å²) >= 11 is 0. The van der Waals surface area contributed by atoms with Crippen LogP contribution in [0.3, 0.4) is 0 Å². The van der Waals surface area contributed by atoms with Crippen molar-refractivity contribution in [3.05, 3.63) is 42.0 Å². The number of primary amides is 1. The first-order valence-electron chi connectivity index (χ1n) is 15.8. The van der Waals surface area contributed by atoms with Crippen LogP contribution in [0.1, 0.15) is 84.1 Å². The summed E-state index contributed by atoms with van der Waals surface area (Å²) in [6, 6.07) is 4.13. The number of carbonyl (C=O) groups is 7. The number of carbonyl (C=O) groups excluding carboxylic acids is 7. The minimum absolute atomic E-state index is 0.0281. The lowest BCUT2D eigenvalue weighted by molar-refractivity contribution is -0.142. The number of ketones is 2. The number of allylic oxidation sites excluding steroid dienone is 2. The van der Waals surface area contributed by atoms with E-state index in [1.54, 1.807) is 38.1 Å². The van der Waals surface area contributed by atoms with Gasteiger partial charge in [-0.05, 0) is 67.9 Å². The highest BCUT2D eigenvalue weighted by molar-refractivity contribution is 6.01. The van der Waals surface area contributed by atoms with E-state index in [9.17, 15) is 33.6 Å². The summed E-state index contributed by atoms with van der Waals surface area (Å²) in [6.07, 6.45) is 7.06. The van der Waals surface area contributed by atoms with Gasteiger partial charge in [-0.2, -0.15) is 0 Å². The number of esters is 1. The quantitative estimate of drug-likeness (QED) is 0.119. The molecule has 1 aromatic carbocycles. The molecular weight excluding hydrogens is 594 g/mol. The molecular formula is C33H47N5O8. The molecule has 0 saturated carbocycles. The maximum absolute atomic E-state index is 13.3. The molecule has 46 heavy (non-hydrogen) atoms. The third-order valence-electron chi connectivity index (χ3n) is 7.56. The van der Waals surface area contributed by atoms with Crippen molar-refractivity contribution in [2.45, 2.75) is 97.2 Å². The standard InChI is InChI=1S/C33H47N5O8/c1-21(2)30(38-29(42)10-6-4-5-8-24-13-16-26(40)17-18-28(24)41)32(44)37-27(9-7-19-35-33(34)45)31(43)36-25-14-11-23(12-15-25)20-46-22(3)39/h11-12,14-15,17-18,21,24,27,30H,4-10,13,16,19-20H2,1-3H3,(H,36,43)(H,37,44)(H,38,42)(H3,34,35,45)/t24?,27-,30?/m0/s1. The van der Waals surface area contributed by atoms with Crippen LogP contribution in [0.25, 0.3) is 0 Å². The van der Waals surface area contributed by atoms with E-state index >= 15 is 0 Å². The predicted molar refractivity (Wildman–Crippen MR) is 171 cm³/mol. The zero-order valence-corrected chi connectivity index (χ0v) is 26.9. The van der Waals surface area contributed by atoms with Gasteiger partial charge in [0.15, 0.2) is 11.6 Å². The molecule has 1 aliphatic rings.